The minimum Gasteiger partial charge on any atom is -0.419 e. The van der Waals surface area contributed by atoms with E-state index < -0.39 is 11.6 Å². The lowest BCUT2D eigenvalue weighted by Gasteiger charge is -2.10. The molecule has 20 heavy (non-hydrogen) atoms. The van der Waals surface area contributed by atoms with Crippen LogP contribution < -0.4 is 5.32 Å². The molecule has 4 nitrogen and oxygen atoms in total. The zero-order valence-electron chi connectivity index (χ0n) is 11.7. The van der Waals surface area contributed by atoms with Gasteiger partial charge in [0.15, 0.2) is 0 Å². The van der Waals surface area contributed by atoms with Crippen molar-refractivity contribution >= 4 is 0 Å². The quantitative estimate of drug-likeness (QED) is 0.912. The normalized spacial score (nSPS) is 12.7. The number of aryl methyl sites for hydroxylation is 1. The van der Waals surface area contributed by atoms with Gasteiger partial charge in [0.2, 0.25) is 5.89 Å². The number of hydrogen-bond acceptors (Lipinski definition) is 4. The van der Waals surface area contributed by atoms with E-state index in [1.807, 2.05) is 13.8 Å². The topological polar surface area (TPSA) is 51.0 Å². The molecule has 1 atom stereocenters. The smallest absolute Gasteiger partial charge is 0.253 e. The molecule has 1 N–H and O–H groups in total. The molecule has 0 fully saturated rings. The molecule has 0 amide bonds. The Kier molecular flexibility index (Phi) is 4.44. The molecular formula is C14H17F2N3O. The molecule has 0 saturated carbocycles. The average Bonchev–Trinajstić information content (AvgIpc) is 2.90. The highest BCUT2D eigenvalue weighted by molar-refractivity contribution is 5.56. The van der Waals surface area contributed by atoms with E-state index in [4.69, 9.17) is 4.42 Å². The summed E-state index contributed by atoms with van der Waals surface area (Å²) in [5, 5.41) is 10.8. The van der Waals surface area contributed by atoms with Crippen LogP contribution in [0.25, 0.3) is 11.5 Å². The van der Waals surface area contributed by atoms with Gasteiger partial charge in [-0.15, -0.1) is 10.2 Å². The maximum atomic E-state index is 14.0. The van der Waals surface area contributed by atoms with E-state index in [2.05, 4.69) is 15.5 Å². The van der Waals surface area contributed by atoms with Gasteiger partial charge < -0.3 is 9.73 Å². The first-order valence-corrected chi connectivity index (χ1v) is 6.60. The molecule has 1 heterocycles. The number of nitrogens with one attached hydrogen (secondary N) is 1. The molecule has 2 aromatic rings. The fraction of sp³-hybridized carbons (Fsp3) is 0.429. The molecule has 0 aliphatic carbocycles. The van der Waals surface area contributed by atoms with Crippen LogP contribution in [0.3, 0.4) is 0 Å². The van der Waals surface area contributed by atoms with Crippen LogP contribution in [0.4, 0.5) is 8.78 Å². The van der Waals surface area contributed by atoms with Gasteiger partial charge in [-0.1, -0.05) is 19.9 Å². The molecule has 2 rings (SSSR count). The minimum absolute atomic E-state index is 0.114. The van der Waals surface area contributed by atoms with Crippen LogP contribution in [-0.4, -0.2) is 16.7 Å². The van der Waals surface area contributed by atoms with E-state index in [9.17, 15) is 8.78 Å². The zero-order chi connectivity index (χ0) is 14.7. The Balaban J connectivity index is 2.41. The van der Waals surface area contributed by atoms with Crippen molar-refractivity contribution in [3.63, 3.8) is 0 Å². The first kappa shape index (κ1) is 14.6. The molecule has 0 aliphatic heterocycles. The summed E-state index contributed by atoms with van der Waals surface area (Å²) in [6.07, 6.45) is 0.744. The Morgan fingerprint density at radius 1 is 1.25 bits per heavy atom. The van der Waals surface area contributed by atoms with Crippen LogP contribution in [0, 0.1) is 18.6 Å². The number of aromatic nitrogens is 2. The Bertz CT molecular complexity index is 598. The molecule has 1 unspecified atom stereocenters. The molecule has 1 aromatic carbocycles. The number of hydrogen-bond donors (Lipinski definition) is 1. The summed E-state index contributed by atoms with van der Waals surface area (Å²) in [6.45, 7) is 6.22. The lowest BCUT2D eigenvalue weighted by atomic mass is 10.1. The number of rotatable bonds is 5. The Hall–Kier alpha value is -1.82. The zero-order valence-corrected chi connectivity index (χ0v) is 11.7. The monoisotopic (exact) mass is 281 g/mol. The molecule has 108 valence electrons. The second-order valence-electron chi connectivity index (χ2n) is 4.52. The Morgan fingerprint density at radius 3 is 2.65 bits per heavy atom. The molecule has 6 heteroatoms. The summed E-state index contributed by atoms with van der Waals surface area (Å²) < 4.78 is 33.2. The molecule has 0 bridgehead atoms. The predicted octanol–water partition coefficient (Wildman–Crippen LogP) is 3.38. The van der Waals surface area contributed by atoms with Crippen molar-refractivity contribution in [2.45, 2.75) is 33.2 Å². The first-order valence-electron chi connectivity index (χ1n) is 6.60. The van der Waals surface area contributed by atoms with Crippen LogP contribution >= 0.6 is 0 Å². The van der Waals surface area contributed by atoms with Gasteiger partial charge in [0.05, 0.1) is 6.04 Å². The van der Waals surface area contributed by atoms with Crippen molar-refractivity contribution < 1.29 is 13.2 Å². The van der Waals surface area contributed by atoms with Crippen molar-refractivity contribution in [1.29, 1.82) is 0 Å². The highest BCUT2D eigenvalue weighted by Crippen LogP contribution is 2.28. The van der Waals surface area contributed by atoms with Crippen LogP contribution in [0.5, 0.6) is 0 Å². The van der Waals surface area contributed by atoms with Gasteiger partial charge in [-0.2, -0.15) is 0 Å². The van der Waals surface area contributed by atoms with Gasteiger partial charge in [-0.05, 0) is 31.5 Å². The molecule has 0 spiro atoms. The lowest BCUT2D eigenvalue weighted by Crippen LogP contribution is -2.20. The Morgan fingerprint density at radius 2 is 2.00 bits per heavy atom. The van der Waals surface area contributed by atoms with Crippen LogP contribution in [-0.2, 0) is 0 Å². The van der Waals surface area contributed by atoms with E-state index in [1.165, 1.54) is 12.1 Å². The largest absolute Gasteiger partial charge is 0.419 e. The molecular weight excluding hydrogens is 264 g/mol. The highest BCUT2D eigenvalue weighted by Gasteiger charge is 2.22. The minimum atomic E-state index is -0.709. The van der Waals surface area contributed by atoms with E-state index in [0.29, 0.717) is 11.5 Å². The van der Waals surface area contributed by atoms with Gasteiger partial charge in [-0.3, -0.25) is 0 Å². The molecule has 0 aliphatic rings. The summed E-state index contributed by atoms with van der Waals surface area (Å²) in [4.78, 5) is 0. The third-order valence-electron chi connectivity index (χ3n) is 3.10. The second-order valence-corrected chi connectivity index (χ2v) is 4.52. The van der Waals surface area contributed by atoms with Crippen LogP contribution in [0.2, 0.25) is 0 Å². The molecule has 0 saturated heterocycles. The third kappa shape index (κ3) is 2.70. The predicted molar refractivity (Wildman–Crippen MR) is 71.1 cm³/mol. The summed E-state index contributed by atoms with van der Waals surface area (Å²) in [5.41, 5.74) is 0.0648. The van der Waals surface area contributed by atoms with Crippen molar-refractivity contribution in [1.82, 2.24) is 15.5 Å². The molecule has 1 aromatic heterocycles. The van der Waals surface area contributed by atoms with E-state index in [-0.39, 0.29) is 17.5 Å². The summed E-state index contributed by atoms with van der Waals surface area (Å²) >= 11 is 0. The van der Waals surface area contributed by atoms with Crippen LogP contribution in [0.15, 0.2) is 16.5 Å². The summed E-state index contributed by atoms with van der Waals surface area (Å²) in [7, 11) is 0. The number of benzene rings is 1. The standard InChI is InChI=1S/C14H17F2N3O/c1-4-10(17-5-2)13-18-19-14(20-13)11-9(15)7-6-8(3)12(11)16/h6-7,10,17H,4-5H2,1-3H3. The van der Waals surface area contributed by atoms with Gasteiger partial charge in [-0.25, -0.2) is 8.78 Å². The van der Waals surface area contributed by atoms with E-state index >= 15 is 0 Å². The fourth-order valence-corrected chi connectivity index (χ4v) is 1.98. The van der Waals surface area contributed by atoms with Crippen LogP contribution in [0.1, 0.15) is 37.8 Å². The highest BCUT2D eigenvalue weighted by atomic mass is 19.1. The van der Waals surface area contributed by atoms with Crippen molar-refractivity contribution in [3.05, 3.63) is 35.2 Å². The maximum absolute atomic E-state index is 14.0. The van der Waals surface area contributed by atoms with Gasteiger partial charge >= 0.3 is 0 Å². The first-order chi connectivity index (χ1) is 9.58. The average molecular weight is 281 g/mol. The fourth-order valence-electron chi connectivity index (χ4n) is 1.98. The van der Waals surface area contributed by atoms with Crippen molar-refractivity contribution in [3.8, 4) is 11.5 Å². The van der Waals surface area contributed by atoms with Crippen molar-refractivity contribution in [2.24, 2.45) is 0 Å². The third-order valence-corrected chi connectivity index (χ3v) is 3.10. The summed E-state index contributed by atoms with van der Waals surface area (Å²) in [5.74, 6) is -1.17. The maximum Gasteiger partial charge on any atom is 0.253 e. The second kappa shape index (κ2) is 6.09. The van der Waals surface area contributed by atoms with Gasteiger partial charge in [0, 0.05) is 0 Å². The SMILES string of the molecule is CCNC(CC)c1nnc(-c2c(F)ccc(C)c2F)o1. The Labute approximate surface area is 116 Å². The number of halogens is 2. The van der Waals surface area contributed by atoms with Crippen molar-refractivity contribution in [2.75, 3.05) is 6.54 Å². The van der Waals surface area contributed by atoms with Gasteiger partial charge in [0.1, 0.15) is 17.2 Å². The van der Waals surface area contributed by atoms with E-state index in [0.717, 1.165) is 13.0 Å². The molecule has 0 radical (unpaired) electrons. The van der Waals surface area contributed by atoms with E-state index in [1.54, 1.807) is 6.92 Å². The van der Waals surface area contributed by atoms with Gasteiger partial charge in [0.25, 0.3) is 5.89 Å². The summed E-state index contributed by atoms with van der Waals surface area (Å²) in [6, 6.07) is 2.45. The lowest BCUT2D eigenvalue weighted by molar-refractivity contribution is 0.400. The number of nitrogens with zero attached hydrogens (tertiary/aromatic N) is 2.